The van der Waals surface area contributed by atoms with Crippen molar-refractivity contribution < 1.29 is 9.21 Å². The van der Waals surface area contributed by atoms with Crippen LogP contribution in [-0.4, -0.2) is 34.9 Å². The molecule has 1 saturated heterocycles. The highest BCUT2D eigenvalue weighted by Crippen LogP contribution is 2.16. The topological polar surface area (TPSA) is 72.4 Å². The number of aromatic nitrogens is 1. The van der Waals surface area contributed by atoms with E-state index in [-0.39, 0.29) is 11.9 Å². The second kappa shape index (κ2) is 3.09. The van der Waals surface area contributed by atoms with Gasteiger partial charge in [0.2, 0.25) is 5.76 Å². The lowest BCUT2D eigenvalue weighted by atomic mass is 10.1. The second-order valence-corrected chi connectivity index (χ2v) is 3.62. The van der Waals surface area contributed by atoms with Crippen molar-refractivity contribution in [1.82, 2.24) is 9.88 Å². The molecule has 1 fully saturated rings. The van der Waals surface area contributed by atoms with E-state index in [4.69, 9.17) is 10.2 Å². The zero-order valence-electron chi connectivity index (χ0n) is 8.28. The molecule has 2 N–H and O–H groups in total. The van der Waals surface area contributed by atoms with Crippen molar-refractivity contribution >= 4 is 5.91 Å². The maximum absolute atomic E-state index is 11.7. The lowest BCUT2D eigenvalue weighted by Crippen LogP contribution is -2.57. The summed E-state index contributed by atoms with van der Waals surface area (Å²) in [6.07, 6.45) is 0. The largest absolute Gasteiger partial charge is 0.436 e. The van der Waals surface area contributed by atoms with Crippen LogP contribution in [-0.2, 0) is 0 Å². The van der Waals surface area contributed by atoms with Crippen molar-refractivity contribution in [2.45, 2.75) is 19.9 Å². The minimum absolute atomic E-state index is 0.107. The third-order valence-corrected chi connectivity index (χ3v) is 2.29. The summed E-state index contributed by atoms with van der Waals surface area (Å²) >= 11 is 0. The van der Waals surface area contributed by atoms with Crippen LogP contribution in [0.4, 0.5) is 0 Å². The van der Waals surface area contributed by atoms with Crippen LogP contribution in [0, 0.1) is 13.8 Å². The van der Waals surface area contributed by atoms with Crippen molar-refractivity contribution in [3.8, 4) is 0 Å². The first kappa shape index (κ1) is 9.21. The SMILES string of the molecule is Cc1nc(C)c(C(=O)N2CC(N)C2)o1. The van der Waals surface area contributed by atoms with E-state index < -0.39 is 0 Å². The maximum Gasteiger partial charge on any atom is 0.291 e. The minimum atomic E-state index is -0.107. The molecule has 1 aliphatic heterocycles. The molecule has 0 aromatic carbocycles. The molecule has 0 radical (unpaired) electrons. The highest BCUT2D eigenvalue weighted by Gasteiger charge is 2.31. The summed E-state index contributed by atoms with van der Waals surface area (Å²) in [4.78, 5) is 17.5. The van der Waals surface area contributed by atoms with Gasteiger partial charge in [0.1, 0.15) is 0 Å². The molecule has 1 aliphatic rings. The predicted molar refractivity (Wildman–Crippen MR) is 49.9 cm³/mol. The van der Waals surface area contributed by atoms with Crippen LogP contribution >= 0.6 is 0 Å². The number of carbonyl (C=O) groups excluding carboxylic acids is 1. The number of aryl methyl sites for hydroxylation is 2. The molecule has 14 heavy (non-hydrogen) atoms. The van der Waals surface area contributed by atoms with Crippen LogP contribution in [0.3, 0.4) is 0 Å². The van der Waals surface area contributed by atoms with Gasteiger partial charge in [-0.05, 0) is 6.92 Å². The molecule has 0 saturated carbocycles. The first-order valence-corrected chi connectivity index (χ1v) is 4.57. The Balaban J connectivity index is 2.15. The monoisotopic (exact) mass is 195 g/mol. The number of hydrogen-bond acceptors (Lipinski definition) is 4. The Bertz CT molecular complexity index is 366. The molecule has 2 rings (SSSR count). The molecule has 0 aliphatic carbocycles. The van der Waals surface area contributed by atoms with Gasteiger partial charge in [0.25, 0.3) is 5.91 Å². The molecule has 5 heteroatoms. The van der Waals surface area contributed by atoms with Crippen molar-refractivity contribution in [3.05, 3.63) is 17.3 Å². The zero-order valence-corrected chi connectivity index (χ0v) is 8.28. The normalized spacial score (nSPS) is 16.9. The Kier molecular flexibility index (Phi) is 2.03. The second-order valence-electron chi connectivity index (χ2n) is 3.62. The van der Waals surface area contributed by atoms with Gasteiger partial charge in [-0.1, -0.05) is 0 Å². The van der Waals surface area contributed by atoms with E-state index in [0.29, 0.717) is 30.4 Å². The summed E-state index contributed by atoms with van der Waals surface area (Å²) < 4.78 is 5.23. The van der Waals surface area contributed by atoms with E-state index in [9.17, 15) is 4.79 Å². The van der Waals surface area contributed by atoms with Crippen LogP contribution in [0.15, 0.2) is 4.42 Å². The molecule has 0 atom stereocenters. The van der Waals surface area contributed by atoms with Crippen LogP contribution in [0.1, 0.15) is 22.1 Å². The Morgan fingerprint density at radius 1 is 1.57 bits per heavy atom. The van der Waals surface area contributed by atoms with E-state index in [0.717, 1.165) is 0 Å². The van der Waals surface area contributed by atoms with E-state index in [2.05, 4.69) is 4.98 Å². The molecule has 76 valence electrons. The molecule has 1 amide bonds. The Morgan fingerprint density at radius 2 is 2.21 bits per heavy atom. The fourth-order valence-electron chi connectivity index (χ4n) is 1.55. The van der Waals surface area contributed by atoms with Crippen molar-refractivity contribution in [2.24, 2.45) is 5.73 Å². The number of oxazole rings is 1. The number of amides is 1. The molecular formula is C9H13N3O2. The predicted octanol–water partition coefficient (Wildman–Crippen LogP) is 0.0745. The van der Waals surface area contributed by atoms with Gasteiger partial charge in [0, 0.05) is 26.1 Å². The van der Waals surface area contributed by atoms with E-state index in [1.165, 1.54) is 0 Å². The number of hydrogen-bond donors (Lipinski definition) is 1. The number of nitrogens with zero attached hydrogens (tertiary/aromatic N) is 2. The first-order chi connectivity index (χ1) is 6.58. The lowest BCUT2D eigenvalue weighted by Gasteiger charge is -2.36. The third kappa shape index (κ3) is 1.39. The van der Waals surface area contributed by atoms with Gasteiger partial charge in [-0.25, -0.2) is 4.98 Å². The van der Waals surface area contributed by atoms with Crippen LogP contribution in [0.2, 0.25) is 0 Å². The third-order valence-electron chi connectivity index (χ3n) is 2.29. The van der Waals surface area contributed by atoms with Gasteiger partial charge in [0.05, 0.1) is 5.69 Å². The molecule has 0 bridgehead atoms. The zero-order chi connectivity index (χ0) is 10.3. The quantitative estimate of drug-likeness (QED) is 0.688. The molecule has 0 spiro atoms. The molecule has 2 heterocycles. The van der Waals surface area contributed by atoms with E-state index in [1.54, 1.807) is 18.7 Å². The van der Waals surface area contributed by atoms with E-state index in [1.807, 2.05) is 0 Å². The first-order valence-electron chi connectivity index (χ1n) is 4.57. The fourth-order valence-corrected chi connectivity index (χ4v) is 1.55. The van der Waals surface area contributed by atoms with Crippen molar-refractivity contribution in [1.29, 1.82) is 0 Å². The van der Waals surface area contributed by atoms with Crippen LogP contribution < -0.4 is 5.73 Å². The standard InChI is InChI=1S/C9H13N3O2/c1-5-8(14-6(2)11-5)9(13)12-3-7(10)4-12/h7H,3-4,10H2,1-2H3. The number of carbonyl (C=O) groups is 1. The molecule has 0 unspecified atom stereocenters. The summed E-state index contributed by atoms with van der Waals surface area (Å²) in [5, 5.41) is 0. The Hall–Kier alpha value is -1.36. The maximum atomic E-state index is 11.7. The van der Waals surface area contributed by atoms with Gasteiger partial charge in [-0.15, -0.1) is 0 Å². The van der Waals surface area contributed by atoms with Gasteiger partial charge < -0.3 is 15.1 Å². The fraction of sp³-hybridized carbons (Fsp3) is 0.556. The summed E-state index contributed by atoms with van der Waals surface area (Å²) in [6, 6.07) is 0.114. The minimum Gasteiger partial charge on any atom is -0.436 e. The molecule has 5 nitrogen and oxygen atoms in total. The summed E-state index contributed by atoms with van der Waals surface area (Å²) in [5.74, 6) is 0.759. The molecule has 1 aromatic rings. The lowest BCUT2D eigenvalue weighted by molar-refractivity contribution is 0.0573. The van der Waals surface area contributed by atoms with Gasteiger partial charge in [-0.2, -0.15) is 0 Å². The number of rotatable bonds is 1. The summed E-state index contributed by atoms with van der Waals surface area (Å²) in [7, 11) is 0. The molecule has 1 aromatic heterocycles. The molecular weight excluding hydrogens is 182 g/mol. The smallest absolute Gasteiger partial charge is 0.291 e. The highest BCUT2D eigenvalue weighted by atomic mass is 16.4. The average Bonchev–Trinajstić information content (AvgIpc) is 2.39. The average molecular weight is 195 g/mol. The van der Waals surface area contributed by atoms with Crippen LogP contribution in [0.25, 0.3) is 0 Å². The van der Waals surface area contributed by atoms with Crippen LogP contribution in [0.5, 0.6) is 0 Å². The van der Waals surface area contributed by atoms with Gasteiger partial charge in [-0.3, -0.25) is 4.79 Å². The Morgan fingerprint density at radius 3 is 2.64 bits per heavy atom. The number of nitrogens with two attached hydrogens (primary N) is 1. The van der Waals surface area contributed by atoms with Crippen molar-refractivity contribution in [3.63, 3.8) is 0 Å². The van der Waals surface area contributed by atoms with Gasteiger partial charge in [0.15, 0.2) is 5.89 Å². The summed E-state index contributed by atoms with van der Waals surface area (Å²) in [6.45, 7) is 4.71. The Labute approximate surface area is 81.9 Å². The van der Waals surface area contributed by atoms with Gasteiger partial charge >= 0.3 is 0 Å². The summed E-state index contributed by atoms with van der Waals surface area (Å²) in [5.41, 5.74) is 6.23. The van der Waals surface area contributed by atoms with Crippen molar-refractivity contribution in [2.75, 3.05) is 13.1 Å². The number of likely N-dealkylation sites (tertiary alicyclic amines) is 1. The highest BCUT2D eigenvalue weighted by molar-refractivity contribution is 5.93. The van der Waals surface area contributed by atoms with E-state index >= 15 is 0 Å².